The quantitative estimate of drug-likeness (QED) is 0.673. The second-order valence-corrected chi connectivity index (χ2v) is 7.66. The molecule has 1 atom stereocenters. The van der Waals surface area contributed by atoms with Gasteiger partial charge in [-0.15, -0.1) is 0 Å². The van der Waals surface area contributed by atoms with Crippen molar-refractivity contribution in [1.82, 2.24) is 19.2 Å². The summed E-state index contributed by atoms with van der Waals surface area (Å²) >= 11 is 0. The molecule has 1 unspecified atom stereocenters. The summed E-state index contributed by atoms with van der Waals surface area (Å²) in [6.07, 6.45) is 0. The van der Waals surface area contributed by atoms with Crippen molar-refractivity contribution in [3.8, 4) is 5.75 Å². The summed E-state index contributed by atoms with van der Waals surface area (Å²) in [5.41, 5.74) is 1.01. The van der Waals surface area contributed by atoms with Gasteiger partial charge in [0.25, 0.3) is 10.2 Å². The second-order valence-electron chi connectivity index (χ2n) is 6.08. The number of ether oxygens (including phenoxy) is 1. The highest BCUT2D eigenvalue weighted by atomic mass is 32.2. The number of rotatable bonds is 9. The molecule has 1 heterocycles. The maximum Gasteiger partial charge on any atom is 0.276 e. The number of hydrogen-bond acceptors (Lipinski definition) is 5. The predicted octanol–water partition coefficient (Wildman–Crippen LogP) is 0.818. The van der Waals surface area contributed by atoms with Crippen molar-refractivity contribution >= 4 is 10.2 Å². The number of methoxy groups -OCH3 is 1. The number of para-hydroxylation sites is 1. The molecule has 1 aliphatic heterocycles. The molecule has 0 aromatic heterocycles. The topological polar surface area (TPSA) is 73.9 Å². The Labute approximate surface area is 151 Å². The summed E-state index contributed by atoms with van der Waals surface area (Å²) in [7, 11) is -1.84. The Morgan fingerprint density at radius 2 is 1.80 bits per heavy atom. The largest absolute Gasteiger partial charge is 0.496 e. The van der Waals surface area contributed by atoms with Crippen LogP contribution in [-0.2, 0) is 10.2 Å². The minimum atomic E-state index is -3.49. The highest BCUT2D eigenvalue weighted by Gasteiger charge is 2.27. The smallest absolute Gasteiger partial charge is 0.276 e. The van der Waals surface area contributed by atoms with Crippen LogP contribution in [0.25, 0.3) is 0 Å². The highest BCUT2D eigenvalue weighted by molar-refractivity contribution is 7.87. The minimum Gasteiger partial charge on any atom is -0.496 e. The molecule has 0 aliphatic carbocycles. The fraction of sp³-hybridized carbons (Fsp3) is 0.647. The van der Waals surface area contributed by atoms with E-state index in [1.165, 1.54) is 0 Å². The van der Waals surface area contributed by atoms with Crippen LogP contribution >= 0.6 is 0 Å². The number of nitrogens with zero attached hydrogens (tertiary/aromatic N) is 2. The lowest BCUT2D eigenvalue weighted by atomic mass is 10.0. The molecule has 1 aliphatic rings. The number of likely N-dealkylation sites (N-methyl/N-ethyl adjacent to an activating group) is 1. The van der Waals surface area contributed by atoms with E-state index in [9.17, 15) is 8.42 Å². The van der Waals surface area contributed by atoms with Crippen molar-refractivity contribution in [3.63, 3.8) is 0 Å². The fourth-order valence-electron chi connectivity index (χ4n) is 3.20. The fourth-order valence-corrected chi connectivity index (χ4v) is 4.06. The van der Waals surface area contributed by atoms with Gasteiger partial charge in [0.2, 0.25) is 0 Å². The molecule has 2 N–H and O–H groups in total. The maximum absolute atomic E-state index is 12.0. The van der Waals surface area contributed by atoms with Gasteiger partial charge in [-0.3, -0.25) is 4.90 Å². The van der Waals surface area contributed by atoms with Gasteiger partial charge in [0, 0.05) is 44.8 Å². The molecule has 0 amide bonds. The first-order valence-corrected chi connectivity index (χ1v) is 10.3. The van der Waals surface area contributed by atoms with E-state index in [2.05, 4.69) is 26.2 Å². The van der Waals surface area contributed by atoms with E-state index in [0.717, 1.165) is 44.0 Å². The molecule has 1 fully saturated rings. The van der Waals surface area contributed by atoms with E-state index in [1.807, 2.05) is 24.3 Å². The molecular formula is C17H30N4O3S. The van der Waals surface area contributed by atoms with Gasteiger partial charge in [-0.2, -0.15) is 8.42 Å². The predicted molar refractivity (Wildman–Crippen MR) is 100 cm³/mol. The number of benzene rings is 1. The minimum absolute atomic E-state index is 0.0661. The van der Waals surface area contributed by atoms with Gasteiger partial charge in [0.05, 0.1) is 13.2 Å². The third-order valence-electron chi connectivity index (χ3n) is 4.59. The maximum atomic E-state index is 12.0. The Balaban J connectivity index is 2.19. The van der Waals surface area contributed by atoms with E-state index in [1.54, 1.807) is 14.0 Å². The van der Waals surface area contributed by atoms with Gasteiger partial charge in [0.1, 0.15) is 5.75 Å². The van der Waals surface area contributed by atoms with Crippen LogP contribution in [0.3, 0.4) is 0 Å². The third kappa shape index (κ3) is 5.65. The van der Waals surface area contributed by atoms with E-state index in [-0.39, 0.29) is 6.04 Å². The lowest BCUT2D eigenvalue weighted by Crippen LogP contribution is -2.50. The van der Waals surface area contributed by atoms with Gasteiger partial charge in [0.15, 0.2) is 0 Å². The Bertz CT molecular complexity index is 631. The van der Waals surface area contributed by atoms with Crippen molar-refractivity contribution in [3.05, 3.63) is 29.8 Å². The first-order valence-electron chi connectivity index (χ1n) is 8.84. The number of nitrogens with one attached hydrogen (secondary N) is 2. The number of hydrogen-bond donors (Lipinski definition) is 2. The molecule has 1 saturated heterocycles. The summed E-state index contributed by atoms with van der Waals surface area (Å²) in [5.74, 6) is 0.785. The summed E-state index contributed by atoms with van der Waals surface area (Å²) in [6.45, 7) is 9.42. The van der Waals surface area contributed by atoms with Gasteiger partial charge in [-0.1, -0.05) is 32.0 Å². The SMILES string of the molecule is CCNS(=O)(=O)NCC(c1ccccc1OC)N1CCN(CC)CC1. The van der Waals surface area contributed by atoms with Crippen LogP contribution in [0.1, 0.15) is 25.5 Å². The standard InChI is InChI=1S/C17H30N4O3S/c1-4-18-25(22,23)19-14-16(15-8-6-7-9-17(15)24-3)21-12-10-20(5-2)11-13-21/h6-9,16,18-19H,4-5,10-14H2,1-3H3. The molecule has 7 nitrogen and oxygen atoms in total. The molecular weight excluding hydrogens is 340 g/mol. The molecule has 1 aromatic carbocycles. The summed E-state index contributed by atoms with van der Waals surface area (Å²) in [5, 5.41) is 0. The Morgan fingerprint density at radius 3 is 2.40 bits per heavy atom. The summed E-state index contributed by atoms with van der Waals surface area (Å²) in [4.78, 5) is 4.73. The summed E-state index contributed by atoms with van der Waals surface area (Å²) in [6, 6.07) is 7.76. The molecule has 1 aromatic rings. The van der Waals surface area contributed by atoms with E-state index in [4.69, 9.17) is 4.74 Å². The van der Waals surface area contributed by atoms with Crippen LogP contribution in [0.4, 0.5) is 0 Å². The zero-order chi connectivity index (χ0) is 18.3. The van der Waals surface area contributed by atoms with Crippen molar-refractivity contribution in [2.24, 2.45) is 0 Å². The normalized spacial score (nSPS) is 18.2. The Morgan fingerprint density at radius 1 is 1.12 bits per heavy atom. The van der Waals surface area contributed by atoms with Crippen molar-refractivity contribution in [2.75, 3.05) is 52.9 Å². The zero-order valence-corrected chi connectivity index (χ0v) is 16.2. The molecule has 142 valence electrons. The Kier molecular flexibility index (Phi) is 7.64. The average molecular weight is 371 g/mol. The second kappa shape index (κ2) is 9.49. The van der Waals surface area contributed by atoms with E-state index >= 15 is 0 Å². The molecule has 25 heavy (non-hydrogen) atoms. The number of piperazine rings is 1. The van der Waals surface area contributed by atoms with E-state index < -0.39 is 10.2 Å². The van der Waals surface area contributed by atoms with Gasteiger partial charge in [-0.05, 0) is 12.6 Å². The van der Waals surface area contributed by atoms with Crippen LogP contribution < -0.4 is 14.2 Å². The highest BCUT2D eigenvalue weighted by Crippen LogP contribution is 2.29. The first-order chi connectivity index (χ1) is 12.0. The molecule has 2 rings (SSSR count). The average Bonchev–Trinajstić information content (AvgIpc) is 2.62. The lowest BCUT2D eigenvalue weighted by molar-refractivity contribution is 0.0993. The first kappa shape index (κ1) is 20.1. The molecule has 0 bridgehead atoms. The van der Waals surface area contributed by atoms with Gasteiger partial charge < -0.3 is 9.64 Å². The van der Waals surface area contributed by atoms with Gasteiger partial charge >= 0.3 is 0 Å². The van der Waals surface area contributed by atoms with Crippen molar-refractivity contribution < 1.29 is 13.2 Å². The van der Waals surface area contributed by atoms with Crippen LogP contribution in [0.5, 0.6) is 5.75 Å². The van der Waals surface area contributed by atoms with Crippen LogP contribution in [0.15, 0.2) is 24.3 Å². The summed E-state index contributed by atoms with van der Waals surface area (Å²) < 4.78 is 34.7. The lowest BCUT2D eigenvalue weighted by Gasteiger charge is -2.39. The van der Waals surface area contributed by atoms with Crippen LogP contribution in [-0.4, -0.2) is 71.1 Å². The zero-order valence-electron chi connectivity index (χ0n) is 15.4. The van der Waals surface area contributed by atoms with Crippen molar-refractivity contribution in [1.29, 1.82) is 0 Å². The Hall–Kier alpha value is -1.19. The molecule has 0 saturated carbocycles. The van der Waals surface area contributed by atoms with Crippen LogP contribution in [0.2, 0.25) is 0 Å². The van der Waals surface area contributed by atoms with Crippen molar-refractivity contribution in [2.45, 2.75) is 19.9 Å². The van der Waals surface area contributed by atoms with Gasteiger partial charge in [-0.25, -0.2) is 9.44 Å². The molecule has 0 radical (unpaired) electrons. The van der Waals surface area contributed by atoms with Crippen LogP contribution in [0, 0.1) is 0 Å². The third-order valence-corrected chi connectivity index (χ3v) is 5.81. The molecule has 8 heteroatoms. The monoisotopic (exact) mass is 370 g/mol. The van der Waals surface area contributed by atoms with E-state index in [0.29, 0.717) is 13.1 Å². The molecule has 0 spiro atoms.